The number of hydrogen-bond acceptors (Lipinski definition) is 4. The smallest absolute Gasteiger partial charge is 0.226 e. The monoisotopic (exact) mass is 280 g/mol. The Balaban J connectivity index is 2.72. The molecule has 6 heteroatoms. The third kappa shape index (κ3) is 4.46. The maximum Gasteiger partial charge on any atom is 0.226 e. The summed E-state index contributed by atoms with van der Waals surface area (Å²) in [5, 5.41) is 5.36. The molecule has 0 saturated carbocycles. The van der Waals surface area contributed by atoms with Crippen molar-refractivity contribution < 1.29 is 19.1 Å². The molecule has 0 spiro atoms. The van der Waals surface area contributed by atoms with Crippen molar-refractivity contribution in [3.63, 3.8) is 0 Å². The summed E-state index contributed by atoms with van der Waals surface area (Å²) in [5.74, 6) is 0.839. The van der Waals surface area contributed by atoms with Crippen molar-refractivity contribution in [3.8, 4) is 11.5 Å². The molecule has 0 heterocycles. The van der Waals surface area contributed by atoms with Gasteiger partial charge in [0.05, 0.1) is 14.2 Å². The maximum atomic E-state index is 11.8. The van der Waals surface area contributed by atoms with E-state index in [0.29, 0.717) is 23.7 Å². The molecule has 0 fully saturated rings. The Morgan fingerprint density at radius 2 is 1.75 bits per heavy atom. The normalized spacial score (nSPS) is 9.80. The molecule has 1 aromatic rings. The van der Waals surface area contributed by atoms with Crippen molar-refractivity contribution in [2.24, 2.45) is 0 Å². The van der Waals surface area contributed by atoms with Crippen LogP contribution in [0, 0.1) is 6.92 Å². The Labute approximate surface area is 118 Å². The van der Waals surface area contributed by atoms with Crippen LogP contribution in [0.25, 0.3) is 0 Å². The van der Waals surface area contributed by atoms with Gasteiger partial charge in [-0.3, -0.25) is 9.59 Å². The van der Waals surface area contributed by atoms with Gasteiger partial charge in [0.15, 0.2) is 11.5 Å². The summed E-state index contributed by atoms with van der Waals surface area (Å²) in [5.41, 5.74) is 1.53. The Morgan fingerprint density at radius 3 is 2.30 bits per heavy atom. The van der Waals surface area contributed by atoms with E-state index in [1.807, 2.05) is 6.92 Å². The van der Waals surface area contributed by atoms with Crippen LogP contribution in [-0.4, -0.2) is 32.6 Å². The highest BCUT2D eigenvalue weighted by Crippen LogP contribution is 2.32. The van der Waals surface area contributed by atoms with E-state index in [-0.39, 0.29) is 18.2 Å². The van der Waals surface area contributed by atoms with Gasteiger partial charge in [-0.1, -0.05) is 0 Å². The fourth-order valence-electron chi connectivity index (χ4n) is 1.68. The highest BCUT2D eigenvalue weighted by atomic mass is 16.5. The van der Waals surface area contributed by atoms with Gasteiger partial charge in [-0.05, 0) is 18.6 Å². The quantitative estimate of drug-likeness (QED) is 0.827. The van der Waals surface area contributed by atoms with Crippen molar-refractivity contribution in [2.75, 3.05) is 26.1 Å². The van der Waals surface area contributed by atoms with Crippen LogP contribution in [0.1, 0.15) is 18.9 Å². The van der Waals surface area contributed by atoms with Gasteiger partial charge in [0.25, 0.3) is 0 Å². The molecule has 1 aromatic carbocycles. The Bertz CT molecular complexity index is 500. The first-order chi connectivity index (χ1) is 9.47. The summed E-state index contributed by atoms with van der Waals surface area (Å²) in [4.78, 5) is 22.5. The molecule has 6 nitrogen and oxygen atoms in total. The van der Waals surface area contributed by atoms with Crippen molar-refractivity contribution in [3.05, 3.63) is 17.7 Å². The number of aryl methyl sites for hydroxylation is 1. The van der Waals surface area contributed by atoms with Crippen LogP contribution in [0.5, 0.6) is 11.5 Å². The van der Waals surface area contributed by atoms with E-state index in [9.17, 15) is 9.59 Å². The van der Waals surface area contributed by atoms with Crippen LogP contribution in [0.2, 0.25) is 0 Å². The standard InChI is InChI=1S/C14H20N2O4/c1-9-7-12(19-3)13(20-4)8-11(9)16-14(18)5-6-15-10(2)17/h7-8H,5-6H2,1-4H3,(H,15,17)(H,16,18). The van der Waals surface area contributed by atoms with E-state index in [0.717, 1.165) is 5.56 Å². The van der Waals surface area contributed by atoms with Crippen LogP contribution < -0.4 is 20.1 Å². The second-order valence-corrected chi connectivity index (χ2v) is 4.30. The Morgan fingerprint density at radius 1 is 1.15 bits per heavy atom. The zero-order chi connectivity index (χ0) is 15.1. The molecule has 0 radical (unpaired) electrons. The molecule has 0 aliphatic heterocycles. The lowest BCUT2D eigenvalue weighted by Crippen LogP contribution is -2.25. The van der Waals surface area contributed by atoms with Crippen LogP contribution in [0.4, 0.5) is 5.69 Å². The lowest BCUT2D eigenvalue weighted by Gasteiger charge is -2.13. The zero-order valence-electron chi connectivity index (χ0n) is 12.2. The summed E-state index contributed by atoms with van der Waals surface area (Å²) in [7, 11) is 3.10. The summed E-state index contributed by atoms with van der Waals surface area (Å²) >= 11 is 0. The molecule has 0 bridgehead atoms. The first-order valence-corrected chi connectivity index (χ1v) is 6.24. The highest BCUT2D eigenvalue weighted by Gasteiger charge is 2.10. The van der Waals surface area contributed by atoms with Gasteiger partial charge >= 0.3 is 0 Å². The molecule has 0 atom stereocenters. The van der Waals surface area contributed by atoms with Crippen LogP contribution >= 0.6 is 0 Å². The van der Waals surface area contributed by atoms with E-state index >= 15 is 0 Å². The minimum Gasteiger partial charge on any atom is -0.493 e. The van der Waals surface area contributed by atoms with Gasteiger partial charge in [0, 0.05) is 31.6 Å². The van der Waals surface area contributed by atoms with Gasteiger partial charge in [-0.2, -0.15) is 0 Å². The van der Waals surface area contributed by atoms with E-state index in [1.54, 1.807) is 19.2 Å². The largest absolute Gasteiger partial charge is 0.493 e. The van der Waals surface area contributed by atoms with Gasteiger partial charge in [0.2, 0.25) is 11.8 Å². The topological polar surface area (TPSA) is 76.7 Å². The number of hydrogen-bond donors (Lipinski definition) is 2. The zero-order valence-corrected chi connectivity index (χ0v) is 12.2. The molecule has 0 aliphatic carbocycles. The molecular weight excluding hydrogens is 260 g/mol. The fourth-order valence-corrected chi connectivity index (χ4v) is 1.68. The number of amides is 2. The second kappa shape index (κ2) is 7.37. The Kier molecular flexibility index (Phi) is 5.83. The molecule has 1 rings (SSSR count). The first-order valence-electron chi connectivity index (χ1n) is 6.24. The van der Waals surface area contributed by atoms with Crippen LogP contribution in [-0.2, 0) is 9.59 Å². The number of carbonyl (C=O) groups is 2. The molecule has 0 aliphatic rings. The minimum atomic E-state index is -0.172. The second-order valence-electron chi connectivity index (χ2n) is 4.30. The van der Waals surface area contributed by atoms with Crippen LogP contribution in [0.3, 0.4) is 0 Å². The summed E-state index contributed by atoms with van der Waals surface area (Å²) in [6.07, 6.45) is 0.216. The van der Waals surface area contributed by atoms with Crippen molar-refractivity contribution in [1.82, 2.24) is 5.32 Å². The lowest BCUT2D eigenvalue weighted by molar-refractivity contribution is -0.119. The summed E-state index contributed by atoms with van der Waals surface area (Å²) < 4.78 is 10.4. The predicted molar refractivity (Wildman–Crippen MR) is 76.2 cm³/mol. The molecule has 0 aromatic heterocycles. The number of nitrogens with one attached hydrogen (secondary N) is 2. The average molecular weight is 280 g/mol. The molecular formula is C14H20N2O4. The maximum absolute atomic E-state index is 11.8. The Hall–Kier alpha value is -2.24. The van der Waals surface area contributed by atoms with Gasteiger partial charge in [-0.15, -0.1) is 0 Å². The minimum absolute atomic E-state index is 0.153. The van der Waals surface area contributed by atoms with E-state index < -0.39 is 0 Å². The fraction of sp³-hybridized carbons (Fsp3) is 0.429. The number of ether oxygens (including phenoxy) is 2. The SMILES string of the molecule is COc1cc(C)c(NC(=O)CCNC(C)=O)cc1OC. The third-order valence-corrected chi connectivity index (χ3v) is 2.73. The van der Waals surface area contributed by atoms with Gasteiger partial charge in [-0.25, -0.2) is 0 Å². The molecule has 0 unspecified atom stereocenters. The number of benzene rings is 1. The number of rotatable bonds is 6. The summed E-state index contributed by atoms with van der Waals surface area (Å²) in [6.45, 7) is 3.59. The molecule has 110 valence electrons. The van der Waals surface area contributed by atoms with Crippen molar-refractivity contribution in [2.45, 2.75) is 20.3 Å². The van der Waals surface area contributed by atoms with E-state index in [4.69, 9.17) is 9.47 Å². The van der Waals surface area contributed by atoms with Crippen molar-refractivity contribution >= 4 is 17.5 Å². The molecule has 2 amide bonds. The van der Waals surface area contributed by atoms with Crippen molar-refractivity contribution in [1.29, 1.82) is 0 Å². The third-order valence-electron chi connectivity index (χ3n) is 2.73. The average Bonchev–Trinajstić information content (AvgIpc) is 2.40. The number of methoxy groups -OCH3 is 2. The first kappa shape index (κ1) is 15.8. The highest BCUT2D eigenvalue weighted by molar-refractivity contribution is 5.92. The molecule has 2 N–H and O–H groups in total. The van der Waals surface area contributed by atoms with Gasteiger partial charge in [0.1, 0.15) is 0 Å². The molecule has 0 saturated heterocycles. The number of anilines is 1. The van der Waals surface area contributed by atoms with E-state index in [2.05, 4.69) is 10.6 Å². The molecule has 20 heavy (non-hydrogen) atoms. The summed E-state index contributed by atoms with van der Waals surface area (Å²) in [6, 6.07) is 3.51. The van der Waals surface area contributed by atoms with Crippen LogP contribution in [0.15, 0.2) is 12.1 Å². The number of carbonyl (C=O) groups excluding carboxylic acids is 2. The van der Waals surface area contributed by atoms with E-state index in [1.165, 1.54) is 14.0 Å². The lowest BCUT2D eigenvalue weighted by atomic mass is 10.1. The van der Waals surface area contributed by atoms with Gasteiger partial charge < -0.3 is 20.1 Å². The predicted octanol–water partition coefficient (Wildman–Crippen LogP) is 1.48.